The van der Waals surface area contributed by atoms with E-state index in [1.807, 2.05) is 44.2 Å². The van der Waals surface area contributed by atoms with Gasteiger partial charge < -0.3 is 34.5 Å². The SMILES string of the molecule is COc1cc2c(cc1Nc1ncc(F)c(Nc3ccc(N4CCOCC4)cc3OC)n1)CCN(CC(=O)OC(C)C)CC2. The third-order valence-corrected chi connectivity index (χ3v) is 7.44. The minimum atomic E-state index is -0.602. The van der Waals surface area contributed by atoms with Crippen molar-refractivity contribution in [3.63, 3.8) is 0 Å². The van der Waals surface area contributed by atoms with Gasteiger partial charge in [0.2, 0.25) is 5.95 Å². The first-order chi connectivity index (χ1) is 20.8. The van der Waals surface area contributed by atoms with Crippen molar-refractivity contribution < 1.29 is 28.1 Å². The van der Waals surface area contributed by atoms with Crippen LogP contribution in [0.5, 0.6) is 11.5 Å². The number of nitrogens with one attached hydrogen (secondary N) is 2. The van der Waals surface area contributed by atoms with Crippen LogP contribution >= 0.6 is 0 Å². The second-order valence-corrected chi connectivity index (χ2v) is 10.8. The van der Waals surface area contributed by atoms with E-state index in [1.54, 1.807) is 14.2 Å². The summed E-state index contributed by atoms with van der Waals surface area (Å²) < 4.78 is 36.9. The number of carbonyl (C=O) groups is 1. The largest absolute Gasteiger partial charge is 0.495 e. The van der Waals surface area contributed by atoms with Crippen LogP contribution in [0.4, 0.5) is 33.2 Å². The van der Waals surface area contributed by atoms with Crippen LogP contribution in [0, 0.1) is 5.82 Å². The van der Waals surface area contributed by atoms with Gasteiger partial charge in [0.25, 0.3) is 0 Å². The highest BCUT2D eigenvalue weighted by atomic mass is 19.1. The number of aromatic nitrogens is 2. The van der Waals surface area contributed by atoms with E-state index in [0.717, 1.165) is 62.0 Å². The van der Waals surface area contributed by atoms with Gasteiger partial charge in [0.1, 0.15) is 11.5 Å². The second kappa shape index (κ2) is 13.9. The van der Waals surface area contributed by atoms with Gasteiger partial charge in [0, 0.05) is 37.9 Å². The molecule has 1 fully saturated rings. The number of benzene rings is 2. The lowest BCUT2D eigenvalue weighted by Crippen LogP contribution is -2.36. The number of halogens is 1. The van der Waals surface area contributed by atoms with Gasteiger partial charge in [-0.2, -0.15) is 4.98 Å². The molecule has 2 N–H and O–H groups in total. The second-order valence-electron chi connectivity index (χ2n) is 10.8. The lowest BCUT2D eigenvalue weighted by atomic mass is 10.0. The Hall–Kier alpha value is -4.16. The zero-order chi connectivity index (χ0) is 30.3. The first-order valence-electron chi connectivity index (χ1n) is 14.5. The van der Waals surface area contributed by atoms with Gasteiger partial charge in [-0.1, -0.05) is 0 Å². The number of esters is 1. The summed E-state index contributed by atoms with van der Waals surface area (Å²) in [4.78, 5) is 25.1. The lowest BCUT2D eigenvalue weighted by Gasteiger charge is -2.29. The first-order valence-corrected chi connectivity index (χ1v) is 14.5. The maximum atomic E-state index is 14.9. The predicted molar refractivity (Wildman–Crippen MR) is 163 cm³/mol. The van der Waals surface area contributed by atoms with Gasteiger partial charge in [-0.3, -0.25) is 9.69 Å². The summed E-state index contributed by atoms with van der Waals surface area (Å²) in [6.45, 7) is 8.35. The van der Waals surface area contributed by atoms with Crippen LogP contribution in [0.25, 0.3) is 0 Å². The smallest absolute Gasteiger partial charge is 0.320 e. The maximum Gasteiger partial charge on any atom is 0.320 e. The topological polar surface area (TPSA) is 110 Å². The number of nitrogens with zero attached hydrogens (tertiary/aromatic N) is 4. The molecule has 0 unspecified atom stereocenters. The highest BCUT2D eigenvalue weighted by Crippen LogP contribution is 2.35. The van der Waals surface area contributed by atoms with E-state index in [1.165, 1.54) is 0 Å². The van der Waals surface area contributed by atoms with Crippen molar-refractivity contribution in [1.82, 2.24) is 14.9 Å². The Morgan fingerprint density at radius 2 is 1.67 bits per heavy atom. The molecule has 3 heterocycles. The highest BCUT2D eigenvalue weighted by molar-refractivity contribution is 5.72. The molecule has 0 bridgehead atoms. The average molecular weight is 595 g/mol. The minimum absolute atomic E-state index is 0.00701. The molecule has 0 saturated carbocycles. The molecule has 1 aromatic heterocycles. The van der Waals surface area contributed by atoms with Gasteiger partial charge in [0.05, 0.1) is 57.7 Å². The molecule has 5 rings (SSSR count). The molecule has 12 heteroatoms. The van der Waals surface area contributed by atoms with Crippen LogP contribution in [0.1, 0.15) is 25.0 Å². The Labute approximate surface area is 251 Å². The Bertz CT molecular complexity index is 1430. The summed E-state index contributed by atoms with van der Waals surface area (Å²) in [5.74, 6) is 0.578. The monoisotopic (exact) mass is 594 g/mol. The van der Waals surface area contributed by atoms with Crippen molar-refractivity contribution in [2.75, 3.05) is 75.7 Å². The Balaban J connectivity index is 1.31. The average Bonchev–Trinajstić information content (AvgIpc) is 3.20. The first kappa shape index (κ1) is 30.3. The summed E-state index contributed by atoms with van der Waals surface area (Å²) in [7, 11) is 3.18. The van der Waals surface area contributed by atoms with Crippen LogP contribution < -0.4 is 25.0 Å². The molecule has 43 heavy (non-hydrogen) atoms. The number of rotatable bonds is 10. The number of carbonyl (C=O) groups excluding carboxylic acids is 1. The van der Waals surface area contributed by atoms with Crippen molar-refractivity contribution in [2.24, 2.45) is 0 Å². The van der Waals surface area contributed by atoms with E-state index in [0.29, 0.717) is 36.1 Å². The number of methoxy groups -OCH3 is 2. The van der Waals surface area contributed by atoms with Crippen LogP contribution in [0.3, 0.4) is 0 Å². The molecule has 2 aliphatic rings. The zero-order valence-corrected chi connectivity index (χ0v) is 25.1. The van der Waals surface area contributed by atoms with Crippen molar-refractivity contribution in [3.8, 4) is 11.5 Å². The van der Waals surface area contributed by atoms with Crippen molar-refractivity contribution in [2.45, 2.75) is 32.8 Å². The van der Waals surface area contributed by atoms with E-state index in [4.69, 9.17) is 18.9 Å². The zero-order valence-electron chi connectivity index (χ0n) is 25.1. The Kier molecular flexibility index (Phi) is 9.78. The van der Waals surface area contributed by atoms with Gasteiger partial charge in [0.15, 0.2) is 11.6 Å². The molecule has 0 amide bonds. The fourth-order valence-electron chi connectivity index (χ4n) is 5.27. The fourth-order valence-corrected chi connectivity index (χ4v) is 5.27. The normalized spacial score (nSPS) is 15.4. The summed E-state index contributed by atoms with van der Waals surface area (Å²) in [6.07, 6.45) is 2.51. The molecule has 3 aromatic rings. The summed E-state index contributed by atoms with van der Waals surface area (Å²) in [6, 6.07) is 9.73. The highest BCUT2D eigenvalue weighted by Gasteiger charge is 2.21. The van der Waals surface area contributed by atoms with Crippen molar-refractivity contribution >= 4 is 34.8 Å². The molecule has 0 atom stereocenters. The van der Waals surface area contributed by atoms with E-state index >= 15 is 0 Å². The maximum absolute atomic E-state index is 14.9. The van der Waals surface area contributed by atoms with Crippen LogP contribution in [0.2, 0.25) is 0 Å². The Morgan fingerprint density at radius 1 is 0.977 bits per heavy atom. The Morgan fingerprint density at radius 3 is 2.37 bits per heavy atom. The number of fused-ring (bicyclic) bond motifs is 1. The number of ether oxygens (including phenoxy) is 4. The van der Waals surface area contributed by atoms with Gasteiger partial charge >= 0.3 is 5.97 Å². The minimum Gasteiger partial charge on any atom is -0.495 e. The van der Waals surface area contributed by atoms with Gasteiger partial charge in [-0.05, 0) is 62.1 Å². The molecule has 1 saturated heterocycles. The number of hydrogen-bond acceptors (Lipinski definition) is 11. The van der Waals surface area contributed by atoms with Gasteiger partial charge in [-0.25, -0.2) is 9.37 Å². The predicted octanol–water partition coefficient (Wildman–Crippen LogP) is 4.31. The van der Waals surface area contributed by atoms with Crippen LogP contribution in [-0.4, -0.2) is 87.1 Å². The van der Waals surface area contributed by atoms with E-state index in [2.05, 4.69) is 30.4 Å². The molecule has 0 radical (unpaired) electrons. The van der Waals surface area contributed by atoms with Crippen LogP contribution in [0.15, 0.2) is 36.5 Å². The third kappa shape index (κ3) is 7.63. The quantitative estimate of drug-likeness (QED) is 0.328. The lowest BCUT2D eigenvalue weighted by molar-refractivity contribution is -0.148. The molecular formula is C31H39FN6O5. The number of morpholine rings is 1. The molecule has 11 nitrogen and oxygen atoms in total. The standard InChI is InChI=1S/C31H39FN6O5/c1-20(2)43-29(39)19-37-9-7-21-15-26(27(40-3)16-22(21)8-10-37)35-31-33-18-24(32)30(36-31)34-25-6-5-23(17-28(25)41-4)38-11-13-42-14-12-38/h5-6,15-18,20H,7-14,19H2,1-4H3,(H2,33,34,35,36). The van der Waals surface area contributed by atoms with E-state index in [-0.39, 0.29) is 30.4 Å². The molecule has 2 aliphatic heterocycles. The molecule has 2 aromatic carbocycles. The van der Waals surface area contributed by atoms with Crippen LogP contribution in [-0.2, 0) is 27.1 Å². The van der Waals surface area contributed by atoms with E-state index < -0.39 is 5.82 Å². The molecule has 230 valence electrons. The number of hydrogen-bond donors (Lipinski definition) is 2. The summed E-state index contributed by atoms with van der Waals surface area (Å²) >= 11 is 0. The molecular weight excluding hydrogens is 555 g/mol. The van der Waals surface area contributed by atoms with E-state index in [9.17, 15) is 9.18 Å². The van der Waals surface area contributed by atoms with Crippen molar-refractivity contribution in [3.05, 3.63) is 53.5 Å². The summed E-state index contributed by atoms with van der Waals surface area (Å²) in [5, 5.41) is 6.26. The number of anilines is 5. The third-order valence-electron chi connectivity index (χ3n) is 7.44. The van der Waals surface area contributed by atoms with Gasteiger partial charge in [-0.15, -0.1) is 0 Å². The van der Waals surface area contributed by atoms with Crippen molar-refractivity contribution in [1.29, 1.82) is 0 Å². The fraction of sp³-hybridized carbons (Fsp3) is 0.452. The molecule has 0 spiro atoms. The molecule has 0 aliphatic carbocycles. The summed E-state index contributed by atoms with van der Waals surface area (Å²) in [5.41, 5.74) is 4.53.